The summed E-state index contributed by atoms with van der Waals surface area (Å²) in [5.74, 6) is 0. The summed E-state index contributed by atoms with van der Waals surface area (Å²) < 4.78 is 28.6. The molecule has 0 aromatic carbocycles. The van der Waals surface area contributed by atoms with E-state index in [2.05, 4.69) is 12.2 Å². The van der Waals surface area contributed by atoms with Crippen LogP contribution in [0.1, 0.15) is 31.7 Å². The fourth-order valence-electron chi connectivity index (χ4n) is 2.22. The van der Waals surface area contributed by atoms with Crippen molar-refractivity contribution >= 4 is 21.5 Å². The van der Waals surface area contributed by atoms with Crippen molar-refractivity contribution < 1.29 is 8.42 Å². The van der Waals surface area contributed by atoms with Crippen LogP contribution in [0.15, 0.2) is 16.8 Å². The first-order chi connectivity index (χ1) is 10.1. The fourth-order valence-corrected chi connectivity index (χ4v) is 4.50. The van der Waals surface area contributed by atoms with Crippen molar-refractivity contribution in [2.45, 2.75) is 38.8 Å². The average Bonchev–Trinajstić information content (AvgIpc) is 3.16. The van der Waals surface area contributed by atoms with Gasteiger partial charge in [-0.1, -0.05) is 6.92 Å². The molecule has 1 heterocycles. The smallest absolute Gasteiger partial charge is 0.282 e. The van der Waals surface area contributed by atoms with Gasteiger partial charge in [-0.05, 0) is 54.7 Å². The van der Waals surface area contributed by atoms with Gasteiger partial charge in [0.05, 0.1) is 0 Å². The molecule has 1 saturated carbocycles. The van der Waals surface area contributed by atoms with E-state index in [4.69, 9.17) is 0 Å². The van der Waals surface area contributed by atoms with Crippen LogP contribution in [-0.4, -0.2) is 49.8 Å². The van der Waals surface area contributed by atoms with Crippen LogP contribution >= 0.6 is 11.3 Å². The minimum atomic E-state index is -3.36. The van der Waals surface area contributed by atoms with E-state index in [0.717, 1.165) is 37.9 Å². The SMILES string of the molecule is CCNCCCN(C)S(=O)(=O)N(Cc1ccsc1)C1CC1. The summed E-state index contributed by atoms with van der Waals surface area (Å²) in [4.78, 5) is 0. The molecule has 1 aromatic heterocycles. The molecule has 1 fully saturated rings. The zero-order valence-electron chi connectivity index (χ0n) is 12.8. The van der Waals surface area contributed by atoms with Gasteiger partial charge in [0.2, 0.25) is 0 Å². The van der Waals surface area contributed by atoms with Crippen LogP contribution in [0.25, 0.3) is 0 Å². The van der Waals surface area contributed by atoms with Crippen molar-refractivity contribution in [2.75, 3.05) is 26.7 Å². The monoisotopic (exact) mass is 331 g/mol. The van der Waals surface area contributed by atoms with Crippen LogP contribution in [0.3, 0.4) is 0 Å². The molecule has 120 valence electrons. The quantitative estimate of drug-likeness (QED) is 0.666. The summed E-state index contributed by atoms with van der Waals surface area (Å²) in [6.45, 7) is 4.87. The summed E-state index contributed by atoms with van der Waals surface area (Å²) in [6, 6.07) is 2.19. The highest BCUT2D eigenvalue weighted by molar-refractivity contribution is 7.86. The predicted octanol–water partition coefficient (Wildman–Crippen LogP) is 1.89. The number of hydrogen-bond acceptors (Lipinski definition) is 4. The Morgan fingerprint density at radius 1 is 1.43 bits per heavy atom. The minimum absolute atomic E-state index is 0.186. The van der Waals surface area contributed by atoms with Crippen molar-refractivity contribution in [3.05, 3.63) is 22.4 Å². The molecule has 5 nitrogen and oxygen atoms in total. The van der Waals surface area contributed by atoms with Gasteiger partial charge in [0.1, 0.15) is 0 Å². The Morgan fingerprint density at radius 2 is 2.19 bits per heavy atom. The molecule has 1 aliphatic carbocycles. The Morgan fingerprint density at radius 3 is 2.76 bits per heavy atom. The lowest BCUT2D eigenvalue weighted by molar-refractivity contribution is 0.345. The van der Waals surface area contributed by atoms with E-state index < -0.39 is 10.2 Å². The fraction of sp³-hybridized carbons (Fsp3) is 0.714. The average molecular weight is 332 g/mol. The first-order valence-corrected chi connectivity index (χ1v) is 9.84. The lowest BCUT2D eigenvalue weighted by Crippen LogP contribution is -2.43. The molecular weight excluding hydrogens is 306 g/mol. The first-order valence-electron chi connectivity index (χ1n) is 7.50. The largest absolute Gasteiger partial charge is 0.317 e. The van der Waals surface area contributed by atoms with Crippen molar-refractivity contribution in [1.82, 2.24) is 13.9 Å². The number of hydrogen-bond donors (Lipinski definition) is 1. The number of rotatable bonds is 10. The maximum atomic E-state index is 12.7. The van der Waals surface area contributed by atoms with Gasteiger partial charge in [0.25, 0.3) is 10.2 Å². The van der Waals surface area contributed by atoms with E-state index in [9.17, 15) is 8.42 Å². The van der Waals surface area contributed by atoms with Crippen LogP contribution in [0.4, 0.5) is 0 Å². The molecule has 1 N–H and O–H groups in total. The molecule has 0 bridgehead atoms. The molecule has 0 spiro atoms. The maximum Gasteiger partial charge on any atom is 0.282 e. The molecule has 21 heavy (non-hydrogen) atoms. The lowest BCUT2D eigenvalue weighted by Gasteiger charge is -2.27. The molecule has 0 amide bonds. The highest BCUT2D eigenvalue weighted by atomic mass is 32.2. The van der Waals surface area contributed by atoms with Gasteiger partial charge in [-0.2, -0.15) is 28.4 Å². The molecule has 0 unspecified atom stereocenters. The van der Waals surface area contributed by atoms with Crippen LogP contribution in [0.2, 0.25) is 0 Å². The van der Waals surface area contributed by atoms with Gasteiger partial charge >= 0.3 is 0 Å². The molecule has 7 heteroatoms. The third-order valence-electron chi connectivity index (χ3n) is 3.64. The Balaban J connectivity index is 1.96. The molecule has 0 aliphatic heterocycles. The Labute approximate surface area is 132 Å². The van der Waals surface area contributed by atoms with Crippen molar-refractivity contribution in [2.24, 2.45) is 0 Å². The van der Waals surface area contributed by atoms with E-state index in [1.54, 1.807) is 22.7 Å². The second-order valence-electron chi connectivity index (χ2n) is 5.44. The summed E-state index contributed by atoms with van der Waals surface area (Å²) in [5.41, 5.74) is 1.08. The minimum Gasteiger partial charge on any atom is -0.317 e. The van der Waals surface area contributed by atoms with E-state index >= 15 is 0 Å². The highest BCUT2D eigenvalue weighted by Crippen LogP contribution is 2.32. The maximum absolute atomic E-state index is 12.7. The second kappa shape index (κ2) is 7.69. The van der Waals surface area contributed by atoms with Gasteiger partial charge in [0.15, 0.2) is 0 Å². The van der Waals surface area contributed by atoms with Crippen molar-refractivity contribution in [1.29, 1.82) is 0 Å². The lowest BCUT2D eigenvalue weighted by atomic mass is 10.3. The van der Waals surface area contributed by atoms with Crippen molar-refractivity contribution in [3.63, 3.8) is 0 Å². The summed E-state index contributed by atoms with van der Waals surface area (Å²) in [7, 11) is -1.67. The van der Waals surface area contributed by atoms with Crippen LogP contribution < -0.4 is 5.32 Å². The van der Waals surface area contributed by atoms with Crippen LogP contribution in [-0.2, 0) is 16.8 Å². The Kier molecular flexibility index (Phi) is 6.19. The third-order valence-corrected chi connectivity index (χ3v) is 6.36. The predicted molar refractivity (Wildman–Crippen MR) is 87.6 cm³/mol. The molecule has 1 aromatic rings. The van der Waals surface area contributed by atoms with Gasteiger partial charge in [0, 0.05) is 26.2 Å². The molecule has 1 aliphatic rings. The summed E-state index contributed by atoms with van der Waals surface area (Å²) >= 11 is 1.61. The zero-order chi connectivity index (χ0) is 15.3. The Bertz CT molecular complexity index is 512. The zero-order valence-corrected chi connectivity index (χ0v) is 14.4. The standard InChI is InChI=1S/C14H25N3O2S2/c1-3-15-8-4-9-16(2)21(18,19)17(14-5-6-14)11-13-7-10-20-12-13/h7,10,12,14-15H,3-6,8-9,11H2,1-2H3. The van der Waals surface area contributed by atoms with Crippen LogP contribution in [0.5, 0.6) is 0 Å². The normalized spacial score (nSPS) is 16.0. The second-order valence-corrected chi connectivity index (χ2v) is 8.21. The van der Waals surface area contributed by atoms with E-state index in [-0.39, 0.29) is 6.04 Å². The molecular formula is C14H25N3O2S2. The topological polar surface area (TPSA) is 52.7 Å². The van der Waals surface area contributed by atoms with Gasteiger partial charge in [-0.3, -0.25) is 0 Å². The summed E-state index contributed by atoms with van der Waals surface area (Å²) in [5, 5.41) is 7.24. The summed E-state index contributed by atoms with van der Waals surface area (Å²) in [6.07, 6.45) is 2.80. The first kappa shape index (κ1) is 16.9. The highest BCUT2D eigenvalue weighted by Gasteiger charge is 2.39. The van der Waals surface area contributed by atoms with E-state index in [0.29, 0.717) is 13.1 Å². The Hall–Kier alpha value is -0.470. The van der Waals surface area contributed by atoms with E-state index in [1.165, 1.54) is 4.31 Å². The van der Waals surface area contributed by atoms with Crippen LogP contribution in [0, 0.1) is 0 Å². The van der Waals surface area contributed by atoms with Gasteiger partial charge in [-0.15, -0.1) is 0 Å². The number of nitrogens with zero attached hydrogens (tertiary/aromatic N) is 2. The number of thiophene rings is 1. The molecule has 0 radical (unpaired) electrons. The molecule has 0 saturated heterocycles. The third kappa shape index (κ3) is 4.75. The van der Waals surface area contributed by atoms with E-state index in [1.807, 2.05) is 16.8 Å². The van der Waals surface area contributed by atoms with Gasteiger partial charge < -0.3 is 5.32 Å². The molecule has 0 atom stereocenters. The number of nitrogens with one attached hydrogen (secondary N) is 1. The molecule has 2 rings (SSSR count). The van der Waals surface area contributed by atoms with Crippen molar-refractivity contribution in [3.8, 4) is 0 Å². The van der Waals surface area contributed by atoms with Gasteiger partial charge in [-0.25, -0.2) is 0 Å².